The van der Waals surface area contributed by atoms with E-state index in [-0.39, 0.29) is 17.8 Å². The van der Waals surface area contributed by atoms with E-state index in [4.69, 9.17) is 5.73 Å². The molecule has 1 aromatic carbocycles. The molecule has 1 fully saturated rings. The number of ether oxygens (including phenoxy) is 1. The van der Waals surface area contributed by atoms with E-state index in [1.54, 1.807) is 24.3 Å². The van der Waals surface area contributed by atoms with Gasteiger partial charge in [0.05, 0.1) is 18.4 Å². The van der Waals surface area contributed by atoms with Crippen molar-refractivity contribution < 1.29 is 17.9 Å². The second-order valence-corrected chi connectivity index (χ2v) is 7.02. The first kappa shape index (κ1) is 15.9. The van der Waals surface area contributed by atoms with Gasteiger partial charge in [0.1, 0.15) is 0 Å². The number of benzene rings is 1. The van der Waals surface area contributed by atoms with Crippen LogP contribution >= 0.6 is 0 Å². The van der Waals surface area contributed by atoms with Crippen LogP contribution in [-0.4, -0.2) is 33.6 Å². The van der Waals surface area contributed by atoms with Crippen molar-refractivity contribution in [2.24, 2.45) is 5.73 Å². The van der Waals surface area contributed by atoms with E-state index < -0.39 is 16.0 Å². The Morgan fingerprint density at radius 2 is 2.00 bits per heavy atom. The molecule has 7 heteroatoms. The van der Waals surface area contributed by atoms with Crippen molar-refractivity contribution in [2.45, 2.75) is 37.1 Å². The number of nitrogens with one attached hydrogen (secondary N) is 1. The molecule has 2 unspecified atom stereocenters. The minimum Gasteiger partial charge on any atom is -0.465 e. The molecule has 0 saturated heterocycles. The van der Waals surface area contributed by atoms with E-state index in [2.05, 4.69) is 9.46 Å². The topological polar surface area (TPSA) is 98.5 Å². The quantitative estimate of drug-likeness (QED) is 0.783. The van der Waals surface area contributed by atoms with Crippen molar-refractivity contribution in [1.29, 1.82) is 0 Å². The fraction of sp³-hybridized carbons (Fsp3) is 0.500. The SMILES string of the molecule is COC(=O)c1ccc(CS(=O)(=O)NC2CCCC2N)cc1. The lowest BCUT2D eigenvalue weighted by Crippen LogP contribution is -2.44. The molecule has 6 nitrogen and oxygen atoms in total. The Hall–Kier alpha value is -1.44. The van der Waals surface area contributed by atoms with Crippen molar-refractivity contribution in [1.82, 2.24) is 4.72 Å². The van der Waals surface area contributed by atoms with Crippen LogP contribution in [0.15, 0.2) is 24.3 Å². The van der Waals surface area contributed by atoms with Gasteiger partial charge in [0.15, 0.2) is 0 Å². The Bertz CT molecular complexity index is 598. The number of rotatable bonds is 5. The molecule has 0 heterocycles. The van der Waals surface area contributed by atoms with Crippen molar-refractivity contribution in [3.8, 4) is 0 Å². The van der Waals surface area contributed by atoms with Crippen LogP contribution in [0.5, 0.6) is 0 Å². The van der Waals surface area contributed by atoms with E-state index in [1.807, 2.05) is 0 Å². The number of methoxy groups -OCH3 is 1. The van der Waals surface area contributed by atoms with E-state index >= 15 is 0 Å². The maximum absolute atomic E-state index is 12.1. The summed E-state index contributed by atoms with van der Waals surface area (Å²) >= 11 is 0. The predicted molar refractivity (Wildman–Crippen MR) is 79.2 cm³/mol. The summed E-state index contributed by atoms with van der Waals surface area (Å²) in [5.41, 5.74) is 6.88. The first-order valence-electron chi connectivity index (χ1n) is 6.84. The van der Waals surface area contributed by atoms with Gasteiger partial charge in [-0.3, -0.25) is 0 Å². The molecule has 0 aromatic heterocycles. The zero-order valence-electron chi connectivity index (χ0n) is 11.9. The van der Waals surface area contributed by atoms with Gasteiger partial charge >= 0.3 is 5.97 Å². The van der Waals surface area contributed by atoms with Gasteiger partial charge in [-0.2, -0.15) is 0 Å². The third-order valence-electron chi connectivity index (χ3n) is 3.63. The van der Waals surface area contributed by atoms with Crippen LogP contribution in [0.1, 0.15) is 35.2 Å². The first-order chi connectivity index (χ1) is 9.91. The van der Waals surface area contributed by atoms with Gasteiger partial charge in [-0.15, -0.1) is 0 Å². The van der Waals surface area contributed by atoms with Gasteiger partial charge in [-0.1, -0.05) is 18.6 Å². The zero-order chi connectivity index (χ0) is 15.5. The van der Waals surface area contributed by atoms with Crippen LogP contribution in [0.3, 0.4) is 0 Å². The molecule has 116 valence electrons. The zero-order valence-corrected chi connectivity index (χ0v) is 12.7. The Labute approximate surface area is 124 Å². The molecule has 2 rings (SSSR count). The van der Waals surface area contributed by atoms with Gasteiger partial charge < -0.3 is 10.5 Å². The smallest absolute Gasteiger partial charge is 0.337 e. The van der Waals surface area contributed by atoms with Crippen LogP contribution in [0.4, 0.5) is 0 Å². The minimum absolute atomic E-state index is 0.110. The Morgan fingerprint density at radius 3 is 2.52 bits per heavy atom. The first-order valence-corrected chi connectivity index (χ1v) is 8.49. The van der Waals surface area contributed by atoms with E-state index in [0.717, 1.165) is 19.3 Å². The van der Waals surface area contributed by atoms with Crippen LogP contribution in [-0.2, 0) is 20.5 Å². The van der Waals surface area contributed by atoms with E-state index in [9.17, 15) is 13.2 Å². The standard InChI is InChI=1S/C14H20N2O4S/c1-20-14(17)11-7-5-10(6-8-11)9-21(18,19)16-13-4-2-3-12(13)15/h5-8,12-13,16H,2-4,9,15H2,1H3. The fourth-order valence-electron chi connectivity index (χ4n) is 2.48. The van der Waals surface area contributed by atoms with Crippen molar-refractivity contribution in [3.05, 3.63) is 35.4 Å². The largest absolute Gasteiger partial charge is 0.465 e. The highest BCUT2D eigenvalue weighted by atomic mass is 32.2. The van der Waals surface area contributed by atoms with Gasteiger partial charge in [-0.05, 0) is 30.5 Å². The van der Waals surface area contributed by atoms with Gasteiger partial charge in [-0.25, -0.2) is 17.9 Å². The van der Waals surface area contributed by atoms with Crippen molar-refractivity contribution in [3.63, 3.8) is 0 Å². The lowest BCUT2D eigenvalue weighted by atomic mass is 10.1. The fourth-order valence-corrected chi connectivity index (χ4v) is 3.95. The minimum atomic E-state index is -3.44. The van der Waals surface area contributed by atoms with Crippen LogP contribution in [0, 0.1) is 0 Å². The molecule has 1 saturated carbocycles. The molecule has 0 aliphatic heterocycles. The Kier molecular flexibility index (Phi) is 4.97. The summed E-state index contributed by atoms with van der Waals surface area (Å²) in [5.74, 6) is -0.572. The molecule has 0 spiro atoms. The number of nitrogens with two attached hydrogens (primary N) is 1. The molecule has 0 bridgehead atoms. The normalized spacial score (nSPS) is 22.2. The molecule has 3 N–H and O–H groups in total. The van der Waals surface area contributed by atoms with Gasteiger partial charge in [0, 0.05) is 12.1 Å². The summed E-state index contributed by atoms with van der Waals surface area (Å²) < 4.78 is 31.5. The molecule has 2 atom stereocenters. The number of hydrogen-bond donors (Lipinski definition) is 2. The summed E-state index contributed by atoms with van der Waals surface area (Å²) in [6, 6.07) is 6.04. The molecule has 1 aliphatic carbocycles. The van der Waals surface area contributed by atoms with Crippen molar-refractivity contribution in [2.75, 3.05) is 7.11 Å². The molecule has 21 heavy (non-hydrogen) atoms. The molecule has 0 radical (unpaired) electrons. The monoisotopic (exact) mass is 312 g/mol. The maximum atomic E-state index is 12.1. The summed E-state index contributed by atoms with van der Waals surface area (Å²) in [6.07, 6.45) is 2.57. The second-order valence-electron chi connectivity index (χ2n) is 5.27. The maximum Gasteiger partial charge on any atom is 0.337 e. The highest BCUT2D eigenvalue weighted by Gasteiger charge is 2.27. The average molecular weight is 312 g/mol. The third kappa shape index (κ3) is 4.26. The lowest BCUT2D eigenvalue weighted by molar-refractivity contribution is 0.0600. The molecule has 0 amide bonds. The number of carbonyl (C=O) groups is 1. The summed E-state index contributed by atoms with van der Waals surface area (Å²) in [6.45, 7) is 0. The summed E-state index contributed by atoms with van der Waals surface area (Å²) in [7, 11) is -2.13. The molecular formula is C14H20N2O4S. The van der Waals surface area contributed by atoms with E-state index in [0.29, 0.717) is 11.1 Å². The number of carbonyl (C=O) groups excluding carboxylic acids is 1. The van der Waals surface area contributed by atoms with Crippen LogP contribution in [0.25, 0.3) is 0 Å². The number of hydrogen-bond acceptors (Lipinski definition) is 5. The molecular weight excluding hydrogens is 292 g/mol. The molecule has 1 aliphatic rings. The van der Waals surface area contributed by atoms with Gasteiger partial charge in [0.2, 0.25) is 10.0 Å². The van der Waals surface area contributed by atoms with Crippen LogP contribution < -0.4 is 10.5 Å². The highest BCUT2D eigenvalue weighted by molar-refractivity contribution is 7.88. The molecule has 1 aromatic rings. The number of esters is 1. The van der Waals surface area contributed by atoms with E-state index in [1.165, 1.54) is 7.11 Å². The second kappa shape index (κ2) is 6.55. The Morgan fingerprint density at radius 1 is 1.33 bits per heavy atom. The Balaban J connectivity index is 2.01. The van der Waals surface area contributed by atoms with Crippen LogP contribution in [0.2, 0.25) is 0 Å². The third-order valence-corrected chi connectivity index (χ3v) is 5.01. The average Bonchev–Trinajstić information content (AvgIpc) is 2.83. The lowest BCUT2D eigenvalue weighted by Gasteiger charge is -2.17. The summed E-state index contributed by atoms with van der Waals surface area (Å²) in [5, 5.41) is 0. The summed E-state index contributed by atoms with van der Waals surface area (Å²) in [4.78, 5) is 11.3. The van der Waals surface area contributed by atoms with Gasteiger partial charge in [0.25, 0.3) is 0 Å². The highest BCUT2D eigenvalue weighted by Crippen LogP contribution is 2.18. The number of sulfonamides is 1. The van der Waals surface area contributed by atoms with Crippen molar-refractivity contribution >= 4 is 16.0 Å². The predicted octanol–water partition coefficient (Wildman–Crippen LogP) is 0.772.